The first-order chi connectivity index (χ1) is 13.6. The molecule has 3 aromatic rings. The van der Waals surface area contributed by atoms with Gasteiger partial charge in [0.1, 0.15) is 16.7 Å². The number of nitrogens with one attached hydrogen (secondary N) is 2. The van der Waals surface area contributed by atoms with Gasteiger partial charge in [-0.15, -0.1) is 0 Å². The Bertz CT molecular complexity index is 1020. The molecule has 1 atom stereocenters. The van der Waals surface area contributed by atoms with E-state index in [2.05, 4.69) is 20.3 Å². The van der Waals surface area contributed by atoms with Crippen LogP contribution in [0.15, 0.2) is 30.5 Å². The fourth-order valence-electron chi connectivity index (χ4n) is 3.24. The van der Waals surface area contributed by atoms with E-state index >= 15 is 0 Å². The number of ether oxygens (including phenoxy) is 1. The van der Waals surface area contributed by atoms with Crippen molar-refractivity contribution in [2.45, 2.75) is 31.2 Å². The molecule has 1 unspecified atom stereocenters. The molecule has 3 N–H and O–H groups in total. The molecule has 8 heteroatoms. The molecule has 0 amide bonds. The van der Waals surface area contributed by atoms with Gasteiger partial charge < -0.3 is 20.1 Å². The normalized spacial score (nSPS) is 14.8. The smallest absolute Gasteiger partial charge is 0.358 e. The molecule has 1 saturated carbocycles. The monoisotopic (exact) mass is 400 g/mol. The van der Waals surface area contributed by atoms with E-state index in [4.69, 9.17) is 16.3 Å². The number of carbonyl (C=O) groups is 1. The number of H-pyrrole nitrogens is 1. The summed E-state index contributed by atoms with van der Waals surface area (Å²) in [5, 5.41) is 14.3. The highest BCUT2D eigenvalue weighted by Crippen LogP contribution is 2.40. The maximum Gasteiger partial charge on any atom is 0.358 e. The number of methoxy groups -OCH3 is 1. The van der Waals surface area contributed by atoms with Crippen LogP contribution in [0.2, 0.25) is 5.02 Å². The van der Waals surface area contributed by atoms with Crippen molar-refractivity contribution < 1.29 is 14.6 Å². The van der Waals surface area contributed by atoms with Crippen LogP contribution in [0.4, 0.5) is 5.82 Å². The van der Waals surface area contributed by atoms with Crippen LogP contribution >= 0.6 is 11.6 Å². The second kappa shape index (κ2) is 7.77. The Morgan fingerprint density at radius 2 is 2.18 bits per heavy atom. The van der Waals surface area contributed by atoms with Crippen LogP contribution in [0, 0.1) is 0 Å². The Morgan fingerprint density at radius 3 is 2.89 bits per heavy atom. The average Bonchev–Trinajstić information content (AvgIpc) is 3.49. The summed E-state index contributed by atoms with van der Waals surface area (Å²) in [6, 6.07) is 7.66. The number of hydrogen-bond donors (Lipinski definition) is 3. The molecular formula is C20H21ClN4O3. The summed E-state index contributed by atoms with van der Waals surface area (Å²) < 4.78 is 4.80. The van der Waals surface area contributed by atoms with Crippen LogP contribution in [-0.4, -0.2) is 45.8 Å². The van der Waals surface area contributed by atoms with Crippen molar-refractivity contribution in [1.82, 2.24) is 15.0 Å². The number of benzene rings is 1. The first-order valence-electron chi connectivity index (χ1n) is 9.18. The van der Waals surface area contributed by atoms with Crippen LogP contribution in [0.3, 0.4) is 0 Å². The number of carbonyl (C=O) groups excluding carboxylic acids is 1. The Labute approximate surface area is 167 Å². The molecule has 7 nitrogen and oxygen atoms in total. The van der Waals surface area contributed by atoms with Gasteiger partial charge in [-0.3, -0.25) is 0 Å². The van der Waals surface area contributed by atoms with E-state index in [1.807, 2.05) is 30.5 Å². The summed E-state index contributed by atoms with van der Waals surface area (Å²) in [5.74, 6) is 0.561. The van der Waals surface area contributed by atoms with E-state index in [0.29, 0.717) is 18.1 Å². The van der Waals surface area contributed by atoms with Gasteiger partial charge in [0.25, 0.3) is 0 Å². The highest BCUT2D eigenvalue weighted by atomic mass is 35.5. The Morgan fingerprint density at radius 1 is 1.39 bits per heavy atom. The third kappa shape index (κ3) is 3.68. The molecule has 0 bridgehead atoms. The summed E-state index contributed by atoms with van der Waals surface area (Å²) in [4.78, 5) is 24.1. The van der Waals surface area contributed by atoms with Gasteiger partial charge >= 0.3 is 5.97 Å². The van der Waals surface area contributed by atoms with Crippen LogP contribution < -0.4 is 5.32 Å². The zero-order valence-corrected chi connectivity index (χ0v) is 16.2. The number of esters is 1. The van der Waals surface area contributed by atoms with Gasteiger partial charge in [0.05, 0.1) is 19.8 Å². The lowest BCUT2D eigenvalue weighted by atomic mass is 10.1. The highest BCUT2D eigenvalue weighted by molar-refractivity contribution is 6.35. The van der Waals surface area contributed by atoms with Crippen molar-refractivity contribution in [2.75, 3.05) is 19.0 Å². The molecule has 4 rings (SSSR count). The van der Waals surface area contributed by atoms with Gasteiger partial charge in [-0.2, -0.15) is 0 Å². The van der Waals surface area contributed by atoms with E-state index in [-0.39, 0.29) is 29.3 Å². The molecule has 1 aliphatic rings. The summed E-state index contributed by atoms with van der Waals surface area (Å²) in [5.41, 5.74) is 2.16. The molecule has 1 aromatic carbocycles. The van der Waals surface area contributed by atoms with Gasteiger partial charge in [-0.1, -0.05) is 29.8 Å². The lowest BCUT2D eigenvalue weighted by Gasteiger charge is -2.19. The first kappa shape index (κ1) is 18.7. The molecule has 0 spiro atoms. The second-order valence-electron chi connectivity index (χ2n) is 6.95. The third-order valence-electron chi connectivity index (χ3n) is 4.89. The van der Waals surface area contributed by atoms with Gasteiger partial charge in [-0.05, 0) is 30.9 Å². The number of aliphatic hydroxyl groups is 1. The van der Waals surface area contributed by atoms with Crippen LogP contribution in [-0.2, 0) is 11.2 Å². The van der Waals surface area contributed by atoms with Crippen molar-refractivity contribution in [2.24, 2.45) is 0 Å². The number of halogens is 1. The topological polar surface area (TPSA) is 100 Å². The molecule has 0 aliphatic heterocycles. The van der Waals surface area contributed by atoms with Crippen molar-refractivity contribution in [3.8, 4) is 0 Å². The maximum absolute atomic E-state index is 12.1. The molecule has 28 heavy (non-hydrogen) atoms. The Kier molecular flexibility index (Phi) is 5.19. The van der Waals surface area contributed by atoms with E-state index < -0.39 is 5.97 Å². The molecule has 1 fully saturated rings. The molecule has 2 heterocycles. The van der Waals surface area contributed by atoms with Crippen molar-refractivity contribution in [1.29, 1.82) is 0 Å². The fraction of sp³-hybridized carbons (Fsp3) is 0.350. The standard InChI is InChI=1S/C20H21ClN4O3/c1-28-20(27)17-16(21)19(25-18(24-17)11-6-7-11)23-13(10-26)8-12-9-22-15-5-3-2-4-14(12)15/h2-5,9,11,13,22,26H,6-8,10H2,1H3,(H,23,24,25). The number of anilines is 1. The number of aromatic amines is 1. The predicted octanol–water partition coefficient (Wildman–Crippen LogP) is 3.29. The van der Waals surface area contributed by atoms with Gasteiger partial charge in [0.2, 0.25) is 0 Å². The molecule has 1 aliphatic carbocycles. The SMILES string of the molecule is COC(=O)c1nc(C2CC2)nc(NC(CO)Cc2c[nH]c3ccccc23)c1Cl. The molecule has 0 radical (unpaired) electrons. The van der Waals surface area contributed by atoms with E-state index in [0.717, 1.165) is 29.3 Å². The number of fused-ring (bicyclic) bond motifs is 1. The first-order valence-corrected chi connectivity index (χ1v) is 9.56. The Balaban J connectivity index is 1.62. The zero-order valence-electron chi connectivity index (χ0n) is 15.4. The van der Waals surface area contributed by atoms with Crippen LogP contribution in [0.5, 0.6) is 0 Å². The molecule has 146 valence electrons. The zero-order chi connectivity index (χ0) is 19.7. The minimum absolute atomic E-state index is 0.0485. The quantitative estimate of drug-likeness (QED) is 0.526. The van der Waals surface area contributed by atoms with Crippen molar-refractivity contribution >= 4 is 34.3 Å². The minimum Gasteiger partial charge on any atom is -0.464 e. The van der Waals surface area contributed by atoms with Crippen LogP contribution in [0.1, 0.15) is 40.6 Å². The Hall–Kier alpha value is -2.64. The maximum atomic E-state index is 12.1. The van der Waals surface area contributed by atoms with Gasteiger partial charge in [0, 0.05) is 23.0 Å². The number of aromatic nitrogens is 3. The number of aliphatic hydroxyl groups excluding tert-OH is 1. The highest BCUT2D eigenvalue weighted by Gasteiger charge is 2.30. The lowest BCUT2D eigenvalue weighted by Crippen LogP contribution is -2.27. The summed E-state index contributed by atoms with van der Waals surface area (Å²) in [6.45, 7) is -0.119. The molecule has 0 saturated heterocycles. The van der Waals surface area contributed by atoms with Gasteiger partial charge in [-0.25, -0.2) is 14.8 Å². The van der Waals surface area contributed by atoms with Gasteiger partial charge in [0.15, 0.2) is 5.69 Å². The fourth-order valence-corrected chi connectivity index (χ4v) is 3.45. The second-order valence-corrected chi connectivity index (χ2v) is 7.32. The largest absolute Gasteiger partial charge is 0.464 e. The average molecular weight is 401 g/mol. The summed E-state index contributed by atoms with van der Waals surface area (Å²) in [6.07, 6.45) is 4.47. The van der Waals surface area contributed by atoms with Crippen molar-refractivity contribution in [3.63, 3.8) is 0 Å². The van der Waals surface area contributed by atoms with Crippen molar-refractivity contribution in [3.05, 3.63) is 52.6 Å². The number of nitrogens with zero attached hydrogens (tertiary/aromatic N) is 2. The lowest BCUT2D eigenvalue weighted by molar-refractivity contribution is 0.0593. The number of rotatable bonds is 7. The summed E-state index contributed by atoms with van der Waals surface area (Å²) in [7, 11) is 1.29. The predicted molar refractivity (Wildman–Crippen MR) is 107 cm³/mol. The number of para-hydroxylation sites is 1. The molecular weight excluding hydrogens is 380 g/mol. The molecule has 2 aromatic heterocycles. The van der Waals surface area contributed by atoms with Crippen LogP contribution in [0.25, 0.3) is 10.9 Å². The van der Waals surface area contributed by atoms with E-state index in [9.17, 15) is 9.90 Å². The third-order valence-corrected chi connectivity index (χ3v) is 5.25. The summed E-state index contributed by atoms with van der Waals surface area (Å²) >= 11 is 6.38. The van der Waals surface area contributed by atoms with E-state index in [1.165, 1.54) is 7.11 Å². The minimum atomic E-state index is -0.602. The number of hydrogen-bond acceptors (Lipinski definition) is 6. The van der Waals surface area contributed by atoms with E-state index in [1.54, 1.807) is 0 Å².